The number of amides is 1. The number of methoxy groups -OCH3 is 2. The van der Waals surface area contributed by atoms with E-state index in [1.54, 1.807) is 26.4 Å². The largest absolute Gasteiger partial charge is 0.497 e. The van der Waals surface area contributed by atoms with Crippen LogP contribution in [0.1, 0.15) is 24.3 Å². The molecule has 0 saturated heterocycles. The molecule has 0 fully saturated rings. The van der Waals surface area contributed by atoms with E-state index in [0.29, 0.717) is 11.5 Å². The summed E-state index contributed by atoms with van der Waals surface area (Å²) in [4.78, 5) is 12.4. The number of rotatable bonds is 6. The van der Waals surface area contributed by atoms with Crippen molar-refractivity contribution < 1.29 is 18.7 Å². The van der Waals surface area contributed by atoms with Crippen molar-refractivity contribution in [2.75, 3.05) is 14.2 Å². The second-order valence-electron chi connectivity index (χ2n) is 5.83. The molecule has 5 nitrogen and oxygen atoms in total. The van der Waals surface area contributed by atoms with E-state index < -0.39 is 0 Å². The van der Waals surface area contributed by atoms with Crippen LogP contribution in [0.5, 0.6) is 11.5 Å². The molecule has 0 aliphatic carbocycles. The molecule has 25 heavy (non-hydrogen) atoms. The Balaban J connectivity index is 1.71. The summed E-state index contributed by atoms with van der Waals surface area (Å²) in [6, 6.07) is 14.9. The number of furan rings is 1. The van der Waals surface area contributed by atoms with Gasteiger partial charge in [0, 0.05) is 10.9 Å². The zero-order valence-electron chi connectivity index (χ0n) is 14.5. The van der Waals surface area contributed by atoms with Crippen LogP contribution in [0.3, 0.4) is 0 Å². The highest BCUT2D eigenvalue weighted by Gasteiger charge is 2.16. The van der Waals surface area contributed by atoms with Crippen LogP contribution < -0.4 is 14.8 Å². The quantitative estimate of drug-likeness (QED) is 0.740. The molecule has 0 bridgehead atoms. The number of hydrogen-bond donors (Lipinski definition) is 1. The van der Waals surface area contributed by atoms with Crippen molar-refractivity contribution in [3.05, 3.63) is 59.9 Å². The molecule has 1 heterocycles. The molecule has 0 spiro atoms. The Labute approximate surface area is 146 Å². The van der Waals surface area contributed by atoms with Crippen LogP contribution >= 0.6 is 0 Å². The van der Waals surface area contributed by atoms with Crippen LogP contribution in [-0.2, 0) is 11.2 Å². The van der Waals surface area contributed by atoms with Gasteiger partial charge in [-0.05, 0) is 37.3 Å². The second kappa shape index (κ2) is 7.30. The Bertz CT molecular complexity index is 851. The Kier molecular flexibility index (Phi) is 4.93. The molecule has 1 N–H and O–H groups in total. The van der Waals surface area contributed by atoms with Gasteiger partial charge in [0.05, 0.1) is 26.7 Å². The highest BCUT2D eigenvalue weighted by molar-refractivity contribution is 5.81. The lowest BCUT2D eigenvalue weighted by molar-refractivity contribution is -0.121. The molecule has 0 saturated carbocycles. The predicted molar refractivity (Wildman–Crippen MR) is 96.0 cm³/mol. The van der Waals surface area contributed by atoms with Gasteiger partial charge in [-0.2, -0.15) is 0 Å². The number of benzene rings is 2. The first-order chi connectivity index (χ1) is 12.1. The Morgan fingerprint density at radius 1 is 1.12 bits per heavy atom. The Morgan fingerprint density at radius 3 is 2.64 bits per heavy atom. The maximum Gasteiger partial charge on any atom is 0.225 e. The summed E-state index contributed by atoms with van der Waals surface area (Å²) in [6.07, 6.45) is 0.199. The maximum absolute atomic E-state index is 12.4. The van der Waals surface area contributed by atoms with E-state index in [4.69, 9.17) is 13.9 Å². The predicted octanol–water partition coefficient (Wildman–Crippen LogP) is 3.87. The van der Waals surface area contributed by atoms with Crippen molar-refractivity contribution in [2.24, 2.45) is 0 Å². The van der Waals surface area contributed by atoms with Gasteiger partial charge in [0.25, 0.3) is 0 Å². The van der Waals surface area contributed by atoms with Crippen molar-refractivity contribution in [2.45, 2.75) is 19.4 Å². The normalized spacial score (nSPS) is 12.0. The molecular weight excluding hydrogens is 318 g/mol. The summed E-state index contributed by atoms with van der Waals surface area (Å²) in [7, 11) is 3.18. The molecule has 5 heteroatoms. The number of hydrogen-bond acceptors (Lipinski definition) is 4. The van der Waals surface area contributed by atoms with Crippen LogP contribution in [0.15, 0.2) is 52.9 Å². The zero-order chi connectivity index (χ0) is 17.8. The fraction of sp³-hybridized carbons (Fsp3) is 0.250. The third-order valence-corrected chi connectivity index (χ3v) is 4.09. The summed E-state index contributed by atoms with van der Waals surface area (Å²) in [5.41, 5.74) is 1.59. The average molecular weight is 339 g/mol. The number of para-hydroxylation sites is 1. The Morgan fingerprint density at radius 2 is 1.92 bits per heavy atom. The van der Waals surface area contributed by atoms with Gasteiger partial charge in [0.15, 0.2) is 0 Å². The minimum atomic E-state index is -0.225. The highest BCUT2D eigenvalue weighted by atomic mass is 16.5. The van der Waals surface area contributed by atoms with Crippen LogP contribution in [-0.4, -0.2) is 20.1 Å². The monoisotopic (exact) mass is 339 g/mol. The van der Waals surface area contributed by atoms with Crippen LogP contribution in [0.2, 0.25) is 0 Å². The number of ether oxygens (including phenoxy) is 2. The molecule has 1 amide bonds. The van der Waals surface area contributed by atoms with Crippen molar-refractivity contribution in [3.63, 3.8) is 0 Å². The average Bonchev–Trinajstić information content (AvgIpc) is 3.06. The molecule has 1 aromatic heterocycles. The smallest absolute Gasteiger partial charge is 0.225 e. The third-order valence-electron chi connectivity index (χ3n) is 4.09. The fourth-order valence-electron chi connectivity index (χ4n) is 2.77. The molecule has 130 valence electrons. The molecule has 0 radical (unpaired) electrons. The van der Waals surface area contributed by atoms with Crippen molar-refractivity contribution in [1.29, 1.82) is 0 Å². The van der Waals surface area contributed by atoms with Gasteiger partial charge in [-0.25, -0.2) is 0 Å². The van der Waals surface area contributed by atoms with Crippen LogP contribution in [0.25, 0.3) is 11.0 Å². The maximum atomic E-state index is 12.4. The molecular formula is C20H21NO4. The van der Waals surface area contributed by atoms with Gasteiger partial charge in [-0.15, -0.1) is 0 Å². The molecule has 3 rings (SSSR count). The minimum Gasteiger partial charge on any atom is -0.497 e. The highest BCUT2D eigenvalue weighted by Crippen LogP contribution is 2.26. The van der Waals surface area contributed by atoms with E-state index in [1.165, 1.54) is 0 Å². The van der Waals surface area contributed by atoms with Crippen molar-refractivity contribution in [3.8, 4) is 11.5 Å². The number of nitrogens with one attached hydrogen (secondary N) is 1. The first kappa shape index (κ1) is 16.9. The number of carbonyl (C=O) groups excluding carboxylic acids is 1. The lowest BCUT2D eigenvalue weighted by Gasteiger charge is -2.13. The van der Waals surface area contributed by atoms with Crippen molar-refractivity contribution >= 4 is 16.9 Å². The van der Waals surface area contributed by atoms with Gasteiger partial charge >= 0.3 is 0 Å². The molecule has 2 aromatic carbocycles. The lowest BCUT2D eigenvalue weighted by Crippen LogP contribution is -2.28. The lowest BCUT2D eigenvalue weighted by atomic mass is 10.1. The summed E-state index contributed by atoms with van der Waals surface area (Å²) in [5, 5.41) is 3.99. The number of fused-ring (bicyclic) bond motifs is 1. The van der Waals surface area contributed by atoms with Crippen LogP contribution in [0.4, 0.5) is 0 Å². The summed E-state index contributed by atoms with van der Waals surface area (Å²) in [6.45, 7) is 1.90. The summed E-state index contributed by atoms with van der Waals surface area (Å²) >= 11 is 0. The van der Waals surface area contributed by atoms with Crippen LogP contribution in [0, 0.1) is 0 Å². The molecule has 1 atom stereocenters. The van der Waals surface area contributed by atoms with Gasteiger partial charge in [0.1, 0.15) is 22.8 Å². The first-order valence-corrected chi connectivity index (χ1v) is 8.09. The third kappa shape index (κ3) is 3.76. The SMILES string of the molecule is COc1ccc(OC)c(CC(=O)NC(C)c2cc3ccccc3o2)c1. The van der Waals surface area contributed by atoms with Gasteiger partial charge in [0.2, 0.25) is 5.91 Å². The van der Waals surface area contributed by atoms with E-state index in [-0.39, 0.29) is 18.4 Å². The van der Waals surface area contributed by atoms with Gasteiger partial charge in [-0.3, -0.25) is 4.79 Å². The standard InChI is InChI=1S/C20H21NO4/c1-13(19-11-14-6-4-5-7-18(14)25-19)21-20(22)12-15-10-16(23-2)8-9-17(15)24-3/h4-11,13H,12H2,1-3H3,(H,21,22). The first-order valence-electron chi connectivity index (χ1n) is 8.09. The zero-order valence-corrected chi connectivity index (χ0v) is 14.5. The molecule has 3 aromatic rings. The van der Waals surface area contributed by atoms with Crippen molar-refractivity contribution in [1.82, 2.24) is 5.32 Å². The van der Waals surface area contributed by atoms with Gasteiger partial charge in [-0.1, -0.05) is 18.2 Å². The second-order valence-corrected chi connectivity index (χ2v) is 5.83. The summed E-state index contributed by atoms with van der Waals surface area (Å²) in [5.74, 6) is 1.97. The van der Waals surface area contributed by atoms with E-state index in [0.717, 1.165) is 22.3 Å². The molecule has 0 aliphatic heterocycles. The van der Waals surface area contributed by atoms with E-state index in [9.17, 15) is 4.79 Å². The summed E-state index contributed by atoms with van der Waals surface area (Å²) < 4.78 is 16.3. The topological polar surface area (TPSA) is 60.7 Å². The van der Waals surface area contributed by atoms with Gasteiger partial charge < -0.3 is 19.2 Å². The molecule has 1 unspecified atom stereocenters. The number of carbonyl (C=O) groups is 1. The fourth-order valence-corrected chi connectivity index (χ4v) is 2.77. The minimum absolute atomic E-state index is 0.112. The molecule has 0 aliphatic rings. The van der Waals surface area contributed by atoms with E-state index >= 15 is 0 Å². The Hall–Kier alpha value is -2.95. The van der Waals surface area contributed by atoms with E-state index in [2.05, 4.69) is 5.32 Å². The van der Waals surface area contributed by atoms with E-state index in [1.807, 2.05) is 43.3 Å².